The number of nitrogens with zero attached hydrogens (tertiary/aromatic N) is 2. The number of aromatic nitrogens is 2. The van der Waals surface area contributed by atoms with Gasteiger partial charge < -0.3 is 5.11 Å². The zero-order valence-corrected chi connectivity index (χ0v) is 10.1. The quantitative estimate of drug-likeness (QED) is 0.857. The third-order valence-electron chi connectivity index (χ3n) is 2.76. The summed E-state index contributed by atoms with van der Waals surface area (Å²) < 4.78 is 1.88. The van der Waals surface area contributed by atoms with E-state index in [9.17, 15) is 5.11 Å². The summed E-state index contributed by atoms with van der Waals surface area (Å²) in [7, 11) is 0. The fourth-order valence-electron chi connectivity index (χ4n) is 1.86. The van der Waals surface area contributed by atoms with Crippen molar-refractivity contribution in [3.8, 4) is 0 Å². The normalized spacial score (nSPS) is 12.6. The van der Waals surface area contributed by atoms with Gasteiger partial charge in [0.1, 0.15) is 0 Å². The molecule has 2 rings (SSSR count). The zero-order valence-electron chi connectivity index (χ0n) is 10.1. The lowest BCUT2D eigenvalue weighted by Crippen LogP contribution is -2.01. The molecule has 0 fully saturated rings. The molecule has 0 aliphatic carbocycles. The third-order valence-corrected chi connectivity index (χ3v) is 2.76. The first-order valence-corrected chi connectivity index (χ1v) is 6.04. The fourth-order valence-corrected chi connectivity index (χ4v) is 1.86. The summed E-state index contributed by atoms with van der Waals surface area (Å²) in [4.78, 5) is 0. The second-order valence-corrected chi connectivity index (χ2v) is 4.24. The first-order chi connectivity index (χ1) is 8.29. The Hall–Kier alpha value is -1.61. The molecular formula is C14H18N2O. The molecule has 0 saturated carbocycles. The molecule has 3 heteroatoms. The number of aliphatic hydroxyl groups is 1. The maximum atomic E-state index is 10.1. The number of aryl methyl sites for hydroxylation is 1. The molecule has 3 nitrogen and oxygen atoms in total. The Labute approximate surface area is 102 Å². The predicted molar refractivity (Wildman–Crippen MR) is 67.6 cm³/mol. The first-order valence-electron chi connectivity index (χ1n) is 6.04. The van der Waals surface area contributed by atoms with E-state index < -0.39 is 6.10 Å². The molecule has 0 aliphatic rings. The summed E-state index contributed by atoms with van der Waals surface area (Å²) in [5, 5.41) is 14.3. The van der Waals surface area contributed by atoms with Gasteiger partial charge >= 0.3 is 0 Å². The van der Waals surface area contributed by atoms with E-state index >= 15 is 0 Å². The summed E-state index contributed by atoms with van der Waals surface area (Å²) in [5.41, 5.74) is 2.03. The summed E-state index contributed by atoms with van der Waals surface area (Å²) in [5.74, 6) is 0. The van der Waals surface area contributed by atoms with Crippen LogP contribution in [0.25, 0.3) is 0 Å². The first kappa shape index (κ1) is 11.9. The lowest BCUT2D eigenvalue weighted by Gasteiger charge is -2.07. The Morgan fingerprint density at radius 3 is 2.76 bits per heavy atom. The van der Waals surface area contributed by atoms with E-state index in [-0.39, 0.29) is 0 Å². The van der Waals surface area contributed by atoms with Gasteiger partial charge in [-0.05, 0) is 12.0 Å². The van der Waals surface area contributed by atoms with Crippen LogP contribution in [0.15, 0.2) is 42.7 Å². The zero-order chi connectivity index (χ0) is 12.1. The Morgan fingerprint density at radius 2 is 2.06 bits per heavy atom. The summed E-state index contributed by atoms with van der Waals surface area (Å²) in [6.07, 6.45) is 4.90. The highest BCUT2D eigenvalue weighted by atomic mass is 16.3. The predicted octanol–water partition coefficient (Wildman–Crippen LogP) is 2.57. The van der Waals surface area contributed by atoms with E-state index in [0.29, 0.717) is 6.42 Å². The second-order valence-electron chi connectivity index (χ2n) is 4.24. The van der Waals surface area contributed by atoms with Gasteiger partial charge in [0.05, 0.1) is 12.3 Å². The van der Waals surface area contributed by atoms with Crippen molar-refractivity contribution in [1.29, 1.82) is 0 Å². The van der Waals surface area contributed by atoms with Gasteiger partial charge in [0.15, 0.2) is 0 Å². The Morgan fingerprint density at radius 1 is 1.29 bits per heavy atom. The molecule has 1 aromatic heterocycles. The lowest BCUT2D eigenvalue weighted by molar-refractivity contribution is 0.178. The summed E-state index contributed by atoms with van der Waals surface area (Å²) >= 11 is 0. The largest absolute Gasteiger partial charge is 0.388 e. The molecule has 2 aromatic rings. The molecule has 0 amide bonds. The topological polar surface area (TPSA) is 38.0 Å². The van der Waals surface area contributed by atoms with Crippen LogP contribution in [0.2, 0.25) is 0 Å². The Balaban J connectivity index is 2.01. The van der Waals surface area contributed by atoms with Gasteiger partial charge in [-0.1, -0.05) is 37.3 Å². The maximum absolute atomic E-state index is 10.1. The van der Waals surface area contributed by atoms with Crippen LogP contribution in [0.4, 0.5) is 0 Å². The van der Waals surface area contributed by atoms with E-state index in [2.05, 4.69) is 12.0 Å². The highest BCUT2D eigenvalue weighted by Gasteiger charge is 2.10. The average molecular weight is 230 g/mol. The van der Waals surface area contributed by atoms with Gasteiger partial charge in [-0.2, -0.15) is 5.10 Å². The van der Waals surface area contributed by atoms with E-state index in [1.54, 1.807) is 6.20 Å². The summed E-state index contributed by atoms with van der Waals surface area (Å²) in [6.45, 7) is 3.01. The minimum absolute atomic E-state index is 0.469. The van der Waals surface area contributed by atoms with Gasteiger partial charge in [0.25, 0.3) is 0 Å². The molecule has 0 bridgehead atoms. The molecule has 90 valence electrons. The van der Waals surface area contributed by atoms with Crippen LogP contribution in [0, 0.1) is 0 Å². The number of rotatable bonds is 5. The molecule has 17 heavy (non-hydrogen) atoms. The van der Waals surface area contributed by atoms with Crippen molar-refractivity contribution in [3.05, 3.63) is 53.9 Å². The molecule has 1 unspecified atom stereocenters. The molecule has 1 N–H and O–H groups in total. The molecule has 1 aromatic carbocycles. The highest BCUT2D eigenvalue weighted by Crippen LogP contribution is 2.17. The van der Waals surface area contributed by atoms with Gasteiger partial charge in [-0.25, -0.2) is 0 Å². The third kappa shape index (κ3) is 3.17. The van der Waals surface area contributed by atoms with E-state index in [4.69, 9.17) is 0 Å². The molecule has 0 aliphatic heterocycles. The van der Waals surface area contributed by atoms with E-state index in [1.165, 1.54) is 0 Å². The smallest absolute Gasteiger partial charge is 0.0860 e. The van der Waals surface area contributed by atoms with E-state index in [0.717, 1.165) is 24.1 Å². The standard InChI is InChI=1S/C14H18N2O/c1-2-8-16-11-13(10-15-16)14(17)9-12-6-4-3-5-7-12/h3-7,10-11,14,17H,2,8-9H2,1H3. The van der Waals surface area contributed by atoms with Gasteiger partial charge in [0, 0.05) is 24.7 Å². The van der Waals surface area contributed by atoms with Crippen LogP contribution < -0.4 is 0 Å². The van der Waals surface area contributed by atoms with E-state index in [1.807, 2.05) is 41.2 Å². The molecular weight excluding hydrogens is 212 g/mol. The SMILES string of the molecule is CCCn1cc(C(O)Cc2ccccc2)cn1. The monoisotopic (exact) mass is 230 g/mol. The van der Waals surface area contributed by atoms with Crippen LogP contribution in [0.3, 0.4) is 0 Å². The van der Waals surface area contributed by atoms with Gasteiger partial charge in [-0.3, -0.25) is 4.68 Å². The van der Waals surface area contributed by atoms with Crippen LogP contribution in [0.1, 0.15) is 30.6 Å². The number of aliphatic hydroxyl groups excluding tert-OH is 1. The van der Waals surface area contributed by atoms with Crippen molar-refractivity contribution in [2.24, 2.45) is 0 Å². The lowest BCUT2D eigenvalue weighted by atomic mass is 10.0. The number of hydrogen-bond acceptors (Lipinski definition) is 2. The van der Waals surface area contributed by atoms with Crippen molar-refractivity contribution in [3.63, 3.8) is 0 Å². The van der Waals surface area contributed by atoms with Crippen molar-refractivity contribution in [2.45, 2.75) is 32.4 Å². The van der Waals surface area contributed by atoms with Crippen LogP contribution in [0.5, 0.6) is 0 Å². The van der Waals surface area contributed by atoms with Gasteiger partial charge in [0.2, 0.25) is 0 Å². The molecule has 1 heterocycles. The minimum atomic E-state index is -0.469. The van der Waals surface area contributed by atoms with Crippen LogP contribution >= 0.6 is 0 Å². The Bertz CT molecular complexity index is 450. The van der Waals surface area contributed by atoms with Gasteiger partial charge in [-0.15, -0.1) is 0 Å². The molecule has 1 atom stereocenters. The van der Waals surface area contributed by atoms with Crippen LogP contribution in [-0.2, 0) is 13.0 Å². The minimum Gasteiger partial charge on any atom is -0.388 e. The molecule has 0 saturated heterocycles. The van der Waals surface area contributed by atoms with Crippen molar-refractivity contribution >= 4 is 0 Å². The maximum Gasteiger partial charge on any atom is 0.0860 e. The second kappa shape index (κ2) is 5.64. The van der Waals surface area contributed by atoms with Crippen LogP contribution in [-0.4, -0.2) is 14.9 Å². The van der Waals surface area contributed by atoms with Crippen molar-refractivity contribution in [1.82, 2.24) is 9.78 Å². The molecule has 0 radical (unpaired) electrons. The Kier molecular flexibility index (Phi) is 3.94. The highest BCUT2D eigenvalue weighted by molar-refractivity contribution is 5.19. The fraction of sp³-hybridized carbons (Fsp3) is 0.357. The number of hydrogen-bond donors (Lipinski definition) is 1. The van der Waals surface area contributed by atoms with Crippen molar-refractivity contribution in [2.75, 3.05) is 0 Å². The number of benzene rings is 1. The average Bonchev–Trinajstić information content (AvgIpc) is 2.79. The summed E-state index contributed by atoms with van der Waals surface area (Å²) in [6, 6.07) is 10.0. The van der Waals surface area contributed by atoms with Crippen molar-refractivity contribution < 1.29 is 5.11 Å². The molecule has 0 spiro atoms.